The van der Waals surface area contributed by atoms with Crippen LogP contribution < -0.4 is 19.6 Å². The van der Waals surface area contributed by atoms with E-state index in [1.54, 1.807) is 32.4 Å². The molecule has 0 bridgehead atoms. The summed E-state index contributed by atoms with van der Waals surface area (Å²) in [6.07, 6.45) is 1.51. The second kappa shape index (κ2) is 9.46. The SMILES string of the molecule is COc1ccc(/C=N/NC(=O)COc2ccc(C(C)C)cc2)c(OC)c1. The van der Waals surface area contributed by atoms with Gasteiger partial charge in [-0.1, -0.05) is 26.0 Å². The molecule has 0 aliphatic heterocycles. The van der Waals surface area contributed by atoms with E-state index in [-0.39, 0.29) is 12.5 Å². The van der Waals surface area contributed by atoms with Crippen LogP contribution in [0.15, 0.2) is 47.6 Å². The molecule has 0 aliphatic carbocycles. The number of nitrogens with zero attached hydrogens (tertiary/aromatic N) is 1. The number of methoxy groups -OCH3 is 2. The van der Waals surface area contributed by atoms with Crippen LogP contribution in [0.4, 0.5) is 0 Å². The van der Waals surface area contributed by atoms with Gasteiger partial charge in [0.2, 0.25) is 0 Å². The quantitative estimate of drug-likeness (QED) is 0.582. The summed E-state index contributed by atoms with van der Waals surface area (Å²) in [4.78, 5) is 11.8. The number of rotatable bonds is 8. The lowest BCUT2D eigenvalue weighted by Crippen LogP contribution is -2.24. The van der Waals surface area contributed by atoms with Crippen LogP contribution in [0.2, 0.25) is 0 Å². The highest BCUT2D eigenvalue weighted by Gasteiger charge is 2.05. The van der Waals surface area contributed by atoms with Crippen LogP contribution in [0.25, 0.3) is 0 Å². The fourth-order valence-electron chi connectivity index (χ4n) is 2.23. The molecule has 6 nitrogen and oxygen atoms in total. The van der Waals surface area contributed by atoms with Crippen LogP contribution in [0.5, 0.6) is 17.2 Å². The predicted molar refractivity (Wildman–Crippen MR) is 101 cm³/mol. The van der Waals surface area contributed by atoms with E-state index in [1.165, 1.54) is 11.8 Å². The van der Waals surface area contributed by atoms with Crippen LogP contribution in [0.3, 0.4) is 0 Å². The molecule has 0 heterocycles. The molecule has 1 amide bonds. The average Bonchev–Trinajstić information content (AvgIpc) is 2.66. The number of hydrogen-bond acceptors (Lipinski definition) is 5. The zero-order chi connectivity index (χ0) is 18.9. The van der Waals surface area contributed by atoms with Gasteiger partial charge in [-0.3, -0.25) is 4.79 Å². The summed E-state index contributed by atoms with van der Waals surface area (Å²) in [6.45, 7) is 4.14. The maximum atomic E-state index is 11.8. The minimum absolute atomic E-state index is 0.113. The van der Waals surface area contributed by atoms with Crippen molar-refractivity contribution in [2.45, 2.75) is 19.8 Å². The zero-order valence-electron chi connectivity index (χ0n) is 15.5. The topological polar surface area (TPSA) is 69.2 Å². The fraction of sp³-hybridized carbons (Fsp3) is 0.300. The van der Waals surface area contributed by atoms with Gasteiger partial charge >= 0.3 is 0 Å². The van der Waals surface area contributed by atoms with Crippen molar-refractivity contribution in [1.82, 2.24) is 5.43 Å². The lowest BCUT2D eigenvalue weighted by Gasteiger charge is -2.08. The van der Waals surface area contributed by atoms with Crippen LogP contribution in [0.1, 0.15) is 30.9 Å². The Morgan fingerprint density at radius 1 is 1.08 bits per heavy atom. The molecule has 0 spiro atoms. The number of carbonyl (C=O) groups excluding carboxylic acids is 1. The van der Waals surface area contributed by atoms with Gasteiger partial charge in [-0.25, -0.2) is 5.43 Å². The molecule has 0 aromatic heterocycles. The molecule has 0 fully saturated rings. The van der Waals surface area contributed by atoms with E-state index in [2.05, 4.69) is 24.4 Å². The minimum atomic E-state index is -0.346. The van der Waals surface area contributed by atoms with E-state index in [0.717, 1.165) is 5.56 Å². The van der Waals surface area contributed by atoms with E-state index in [4.69, 9.17) is 14.2 Å². The Morgan fingerprint density at radius 2 is 1.77 bits per heavy atom. The van der Waals surface area contributed by atoms with Gasteiger partial charge in [0.05, 0.1) is 20.4 Å². The van der Waals surface area contributed by atoms with Crippen molar-refractivity contribution >= 4 is 12.1 Å². The van der Waals surface area contributed by atoms with Gasteiger partial charge in [-0.05, 0) is 35.7 Å². The summed E-state index contributed by atoms with van der Waals surface area (Å²) in [7, 11) is 3.14. The number of benzene rings is 2. The van der Waals surface area contributed by atoms with E-state index in [9.17, 15) is 4.79 Å². The van der Waals surface area contributed by atoms with E-state index in [0.29, 0.717) is 23.2 Å². The summed E-state index contributed by atoms with van der Waals surface area (Å²) >= 11 is 0. The monoisotopic (exact) mass is 356 g/mol. The molecule has 1 N–H and O–H groups in total. The van der Waals surface area contributed by atoms with Gasteiger partial charge in [0.25, 0.3) is 5.91 Å². The highest BCUT2D eigenvalue weighted by molar-refractivity contribution is 5.85. The van der Waals surface area contributed by atoms with Gasteiger partial charge in [0.1, 0.15) is 17.2 Å². The first-order chi connectivity index (χ1) is 12.5. The Hall–Kier alpha value is -3.02. The molecule has 138 valence electrons. The summed E-state index contributed by atoms with van der Waals surface area (Å²) in [5, 5.41) is 3.93. The summed E-state index contributed by atoms with van der Waals surface area (Å²) in [5.74, 6) is 2.03. The molecule has 0 aliphatic rings. The van der Waals surface area contributed by atoms with Crippen LogP contribution >= 0.6 is 0 Å². The molecule has 6 heteroatoms. The van der Waals surface area contributed by atoms with Gasteiger partial charge in [0.15, 0.2) is 6.61 Å². The van der Waals surface area contributed by atoms with Gasteiger partial charge < -0.3 is 14.2 Å². The first-order valence-corrected chi connectivity index (χ1v) is 8.30. The lowest BCUT2D eigenvalue weighted by molar-refractivity contribution is -0.123. The van der Waals surface area contributed by atoms with Crippen LogP contribution in [-0.2, 0) is 4.79 Å². The molecule has 0 saturated heterocycles. The van der Waals surface area contributed by atoms with Gasteiger partial charge in [-0.2, -0.15) is 5.10 Å². The third-order valence-electron chi connectivity index (χ3n) is 3.75. The van der Waals surface area contributed by atoms with Crippen LogP contribution in [-0.4, -0.2) is 32.9 Å². The third-order valence-corrected chi connectivity index (χ3v) is 3.75. The maximum absolute atomic E-state index is 11.8. The Labute approximate surface area is 153 Å². The highest BCUT2D eigenvalue weighted by atomic mass is 16.5. The largest absolute Gasteiger partial charge is 0.497 e. The number of hydrazone groups is 1. The number of amides is 1. The molecule has 2 aromatic carbocycles. The summed E-state index contributed by atoms with van der Waals surface area (Å²) in [6, 6.07) is 13.0. The van der Waals surface area contributed by atoms with Crippen molar-refractivity contribution in [2.24, 2.45) is 5.10 Å². The third kappa shape index (κ3) is 5.51. The zero-order valence-corrected chi connectivity index (χ0v) is 15.5. The van der Waals surface area contributed by atoms with Crippen molar-refractivity contribution < 1.29 is 19.0 Å². The van der Waals surface area contributed by atoms with Crippen molar-refractivity contribution in [3.05, 3.63) is 53.6 Å². The second-order valence-electron chi connectivity index (χ2n) is 5.91. The number of nitrogens with one attached hydrogen (secondary N) is 1. The molecule has 0 unspecified atom stereocenters. The number of carbonyl (C=O) groups is 1. The molecular formula is C20H24N2O4. The Balaban J connectivity index is 1.85. The van der Waals surface area contributed by atoms with E-state index in [1.807, 2.05) is 24.3 Å². The standard InChI is InChI=1S/C20H24N2O4/c1-14(2)15-5-8-17(9-6-15)26-13-20(23)22-21-12-16-7-10-18(24-3)11-19(16)25-4/h5-12,14H,13H2,1-4H3,(H,22,23)/b21-12+. The lowest BCUT2D eigenvalue weighted by atomic mass is 10.0. The highest BCUT2D eigenvalue weighted by Crippen LogP contribution is 2.23. The Bertz CT molecular complexity index is 755. The first kappa shape index (κ1) is 19.3. The van der Waals surface area contributed by atoms with E-state index < -0.39 is 0 Å². The molecule has 0 saturated carbocycles. The van der Waals surface area contributed by atoms with E-state index >= 15 is 0 Å². The molecule has 2 rings (SSSR count). The minimum Gasteiger partial charge on any atom is -0.497 e. The molecule has 2 aromatic rings. The molecule has 26 heavy (non-hydrogen) atoms. The Morgan fingerprint density at radius 3 is 2.38 bits per heavy atom. The van der Waals surface area contributed by atoms with Crippen molar-refractivity contribution in [3.63, 3.8) is 0 Å². The molecule has 0 atom stereocenters. The first-order valence-electron chi connectivity index (χ1n) is 8.30. The number of hydrogen-bond donors (Lipinski definition) is 1. The fourth-order valence-corrected chi connectivity index (χ4v) is 2.23. The van der Waals surface area contributed by atoms with Crippen molar-refractivity contribution in [2.75, 3.05) is 20.8 Å². The summed E-state index contributed by atoms with van der Waals surface area (Å²) in [5.41, 5.74) is 4.37. The second-order valence-corrected chi connectivity index (χ2v) is 5.91. The average molecular weight is 356 g/mol. The van der Waals surface area contributed by atoms with Crippen molar-refractivity contribution in [3.8, 4) is 17.2 Å². The maximum Gasteiger partial charge on any atom is 0.277 e. The summed E-state index contributed by atoms with van der Waals surface area (Å²) < 4.78 is 15.9. The van der Waals surface area contributed by atoms with Gasteiger partial charge in [0, 0.05) is 11.6 Å². The normalized spacial score (nSPS) is 10.8. The predicted octanol–water partition coefficient (Wildman–Crippen LogP) is 3.36. The molecular weight excluding hydrogens is 332 g/mol. The Kier molecular flexibility index (Phi) is 7.02. The van der Waals surface area contributed by atoms with Crippen molar-refractivity contribution in [1.29, 1.82) is 0 Å². The van der Waals surface area contributed by atoms with Crippen LogP contribution in [0, 0.1) is 0 Å². The smallest absolute Gasteiger partial charge is 0.277 e. The molecule has 0 radical (unpaired) electrons. The van der Waals surface area contributed by atoms with Gasteiger partial charge in [-0.15, -0.1) is 0 Å². The number of ether oxygens (including phenoxy) is 3.